The minimum Gasteiger partial charge on any atom is -0.486 e. The topological polar surface area (TPSA) is 62.6 Å². The van der Waals surface area contributed by atoms with Gasteiger partial charge in [0.2, 0.25) is 0 Å². The summed E-state index contributed by atoms with van der Waals surface area (Å²) in [7, 11) is 0. The van der Waals surface area contributed by atoms with Crippen LogP contribution in [-0.4, -0.2) is 36.6 Å². The Balaban J connectivity index is 1.71. The van der Waals surface area contributed by atoms with Gasteiger partial charge in [-0.25, -0.2) is 0 Å². The second kappa shape index (κ2) is 7.51. The minimum atomic E-state index is -0.258. The maximum Gasteiger partial charge on any atom is 0.254 e. The highest BCUT2D eigenvalue weighted by Gasteiger charge is 2.25. The van der Waals surface area contributed by atoms with Crippen LogP contribution in [0.5, 0.6) is 11.5 Å². The summed E-state index contributed by atoms with van der Waals surface area (Å²) >= 11 is 0. The molecule has 3 rings (SSSR count). The third-order valence-corrected chi connectivity index (χ3v) is 3.79. The van der Waals surface area contributed by atoms with Crippen LogP contribution in [0.2, 0.25) is 0 Å². The summed E-state index contributed by atoms with van der Waals surface area (Å²) in [6, 6.07) is 18.6. The number of hydrogen-bond donors (Lipinski definition) is 0. The van der Waals surface area contributed by atoms with E-state index in [0.717, 1.165) is 0 Å². The number of fused-ring (bicyclic) bond motifs is 1. The Morgan fingerprint density at radius 3 is 2.58 bits per heavy atom. The number of carbonyl (C=O) groups is 1. The lowest BCUT2D eigenvalue weighted by atomic mass is 10.1. The predicted octanol–water partition coefficient (Wildman–Crippen LogP) is 2.88. The normalized spacial score (nSPS) is 15.4. The molecule has 0 bridgehead atoms. The van der Waals surface area contributed by atoms with Crippen LogP contribution >= 0.6 is 0 Å². The highest BCUT2D eigenvalue weighted by molar-refractivity contribution is 5.94. The zero-order valence-corrected chi connectivity index (χ0v) is 13.2. The van der Waals surface area contributed by atoms with Crippen LogP contribution in [0, 0.1) is 11.3 Å². The Morgan fingerprint density at radius 1 is 1.12 bits per heavy atom. The minimum absolute atomic E-state index is 0.103. The number of nitriles is 1. The fraction of sp³-hybridized carbons (Fsp3) is 0.263. The van der Waals surface area contributed by atoms with Crippen molar-refractivity contribution >= 4 is 5.91 Å². The number of benzene rings is 2. The van der Waals surface area contributed by atoms with Crippen molar-refractivity contribution in [3.05, 3.63) is 60.2 Å². The van der Waals surface area contributed by atoms with Crippen molar-refractivity contribution in [2.75, 3.05) is 19.7 Å². The standard InChI is InChI=1S/C19H18N2O3/c20-11-6-12-21(19(22)15-7-2-1-3-8-15)13-16-14-23-17-9-4-5-10-18(17)24-16/h1-5,7-10,16H,6,12-14H2/t16-/m1/s1. The smallest absolute Gasteiger partial charge is 0.254 e. The third kappa shape index (κ3) is 3.66. The molecule has 0 aromatic heterocycles. The molecule has 0 N–H and O–H groups in total. The predicted molar refractivity (Wildman–Crippen MR) is 88.9 cm³/mol. The van der Waals surface area contributed by atoms with Crippen LogP contribution in [-0.2, 0) is 0 Å². The quantitative estimate of drug-likeness (QED) is 0.849. The van der Waals surface area contributed by atoms with E-state index < -0.39 is 0 Å². The van der Waals surface area contributed by atoms with Crippen LogP contribution in [0.15, 0.2) is 54.6 Å². The summed E-state index contributed by atoms with van der Waals surface area (Å²) in [5.41, 5.74) is 0.604. The van der Waals surface area contributed by atoms with Crippen LogP contribution in [0.4, 0.5) is 0 Å². The van der Waals surface area contributed by atoms with Crippen molar-refractivity contribution < 1.29 is 14.3 Å². The molecule has 1 aliphatic heterocycles. The second-order valence-electron chi connectivity index (χ2n) is 5.52. The Morgan fingerprint density at radius 2 is 1.83 bits per heavy atom. The van der Waals surface area contributed by atoms with Gasteiger partial charge in [0.25, 0.3) is 5.91 Å². The van der Waals surface area contributed by atoms with Crippen molar-refractivity contribution in [1.82, 2.24) is 4.90 Å². The van der Waals surface area contributed by atoms with Gasteiger partial charge < -0.3 is 14.4 Å². The van der Waals surface area contributed by atoms with Gasteiger partial charge in [0.15, 0.2) is 17.6 Å². The summed E-state index contributed by atoms with van der Waals surface area (Å²) in [5, 5.41) is 8.86. The van der Waals surface area contributed by atoms with Gasteiger partial charge in [-0.3, -0.25) is 4.79 Å². The Labute approximate surface area is 141 Å². The summed E-state index contributed by atoms with van der Waals surface area (Å²) in [6.45, 7) is 1.12. The summed E-state index contributed by atoms with van der Waals surface area (Å²) < 4.78 is 11.6. The van der Waals surface area contributed by atoms with Gasteiger partial charge in [0.1, 0.15) is 6.61 Å². The van der Waals surface area contributed by atoms with E-state index in [-0.39, 0.29) is 18.4 Å². The average Bonchev–Trinajstić information content (AvgIpc) is 2.65. The number of nitrogens with zero attached hydrogens (tertiary/aromatic N) is 2. The van der Waals surface area contributed by atoms with E-state index in [1.165, 1.54) is 0 Å². The SMILES string of the molecule is N#CCCN(C[C@@H]1COc2ccccc2O1)C(=O)c1ccccc1. The van der Waals surface area contributed by atoms with Crippen LogP contribution in [0.3, 0.4) is 0 Å². The molecule has 0 saturated carbocycles. The number of amides is 1. The van der Waals surface area contributed by atoms with E-state index in [9.17, 15) is 4.79 Å². The first-order chi connectivity index (χ1) is 11.8. The van der Waals surface area contributed by atoms with Crippen molar-refractivity contribution in [3.8, 4) is 17.6 Å². The van der Waals surface area contributed by atoms with Gasteiger partial charge in [-0.1, -0.05) is 30.3 Å². The van der Waals surface area contributed by atoms with Crippen molar-refractivity contribution in [2.24, 2.45) is 0 Å². The van der Waals surface area contributed by atoms with Gasteiger partial charge in [0.05, 0.1) is 19.0 Å². The molecule has 5 nitrogen and oxygen atoms in total. The molecule has 1 aliphatic rings. The van der Waals surface area contributed by atoms with E-state index >= 15 is 0 Å². The molecule has 1 heterocycles. The lowest BCUT2D eigenvalue weighted by Gasteiger charge is -2.31. The van der Waals surface area contributed by atoms with Gasteiger partial charge in [-0.05, 0) is 24.3 Å². The number of ether oxygens (including phenoxy) is 2. The van der Waals surface area contributed by atoms with E-state index in [1.54, 1.807) is 17.0 Å². The third-order valence-electron chi connectivity index (χ3n) is 3.79. The first kappa shape index (κ1) is 15.9. The van der Waals surface area contributed by atoms with E-state index in [0.29, 0.717) is 36.8 Å². The summed E-state index contributed by atoms with van der Waals surface area (Å²) in [5.74, 6) is 1.29. The number of rotatable bonds is 5. The molecule has 0 saturated heterocycles. The molecular weight excluding hydrogens is 304 g/mol. The molecule has 2 aromatic rings. The van der Waals surface area contributed by atoms with Crippen molar-refractivity contribution in [3.63, 3.8) is 0 Å². The van der Waals surface area contributed by atoms with Crippen molar-refractivity contribution in [1.29, 1.82) is 5.26 Å². The van der Waals surface area contributed by atoms with Gasteiger partial charge in [-0.2, -0.15) is 5.26 Å². The van der Waals surface area contributed by atoms with Crippen molar-refractivity contribution in [2.45, 2.75) is 12.5 Å². The summed E-state index contributed by atoms with van der Waals surface area (Å²) in [4.78, 5) is 14.3. The summed E-state index contributed by atoms with van der Waals surface area (Å²) in [6.07, 6.45) is 0.0224. The van der Waals surface area contributed by atoms with Crippen LogP contribution in [0.1, 0.15) is 16.8 Å². The fourth-order valence-electron chi connectivity index (χ4n) is 2.62. The zero-order valence-electron chi connectivity index (χ0n) is 13.2. The van der Waals surface area contributed by atoms with Gasteiger partial charge >= 0.3 is 0 Å². The van der Waals surface area contributed by atoms with Crippen LogP contribution < -0.4 is 9.47 Å². The average molecular weight is 322 g/mol. The zero-order chi connectivity index (χ0) is 16.8. The first-order valence-electron chi connectivity index (χ1n) is 7.87. The fourth-order valence-corrected chi connectivity index (χ4v) is 2.62. The molecule has 2 aromatic carbocycles. The molecule has 0 fully saturated rings. The highest BCUT2D eigenvalue weighted by Crippen LogP contribution is 2.31. The lowest BCUT2D eigenvalue weighted by Crippen LogP contribution is -2.44. The Hall–Kier alpha value is -3.00. The number of carbonyl (C=O) groups excluding carboxylic acids is 1. The monoisotopic (exact) mass is 322 g/mol. The molecule has 1 amide bonds. The molecule has 0 unspecified atom stereocenters. The van der Waals surface area contributed by atoms with Crippen LogP contribution in [0.25, 0.3) is 0 Å². The molecule has 24 heavy (non-hydrogen) atoms. The largest absolute Gasteiger partial charge is 0.486 e. The molecule has 0 aliphatic carbocycles. The van der Waals surface area contributed by atoms with E-state index in [2.05, 4.69) is 6.07 Å². The Bertz CT molecular complexity index is 740. The van der Waals surface area contributed by atoms with Gasteiger partial charge in [-0.15, -0.1) is 0 Å². The lowest BCUT2D eigenvalue weighted by molar-refractivity contribution is 0.0467. The Kier molecular flexibility index (Phi) is 4.97. The first-order valence-corrected chi connectivity index (χ1v) is 7.87. The molecular formula is C19H18N2O3. The number of hydrogen-bond acceptors (Lipinski definition) is 4. The maximum absolute atomic E-state index is 12.7. The number of para-hydroxylation sites is 2. The molecule has 5 heteroatoms. The highest BCUT2D eigenvalue weighted by atomic mass is 16.6. The molecule has 1 atom stereocenters. The van der Waals surface area contributed by atoms with E-state index in [1.807, 2.05) is 42.5 Å². The van der Waals surface area contributed by atoms with E-state index in [4.69, 9.17) is 14.7 Å². The maximum atomic E-state index is 12.7. The second-order valence-corrected chi connectivity index (χ2v) is 5.52. The molecule has 122 valence electrons. The molecule has 0 radical (unpaired) electrons. The molecule has 0 spiro atoms. The van der Waals surface area contributed by atoms with Gasteiger partial charge in [0, 0.05) is 12.1 Å².